The highest BCUT2D eigenvalue weighted by Gasteiger charge is 2.09. The van der Waals surface area contributed by atoms with Crippen LogP contribution in [0.4, 0.5) is 0 Å². The lowest BCUT2D eigenvalue weighted by molar-refractivity contribution is -0.130. The van der Waals surface area contributed by atoms with Crippen LogP contribution < -0.4 is 9.47 Å². The molecule has 5 nitrogen and oxygen atoms in total. The molecule has 0 aliphatic heterocycles. The van der Waals surface area contributed by atoms with Gasteiger partial charge in [-0.25, -0.2) is 4.79 Å². The first-order valence-corrected chi connectivity index (χ1v) is 6.14. The van der Waals surface area contributed by atoms with E-state index in [1.54, 1.807) is 37.3 Å². The molecule has 2 rings (SSSR count). The highest BCUT2D eigenvalue weighted by Crippen LogP contribution is 2.37. The van der Waals surface area contributed by atoms with Gasteiger partial charge in [-0.1, -0.05) is 12.6 Å². The number of hydrogen-bond acceptors (Lipinski definition) is 5. The van der Waals surface area contributed by atoms with E-state index in [9.17, 15) is 15.0 Å². The largest absolute Gasteiger partial charge is 0.504 e. The number of phenols is 2. The van der Waals surface area contributed by atoms with Crippen LogP contribution in [0.1, 0.15) is 6.92 Å². The number of carbonyl (C=O) groups excluding carboxylic acids is 1. The van der Waals surface area contributed by atoms with Crippen molar-refractivity contribution < 1.29 is 24.5 Å². The summed E-state index contributed by atoms with van der Waals surface area (Å²) in [6, 6.07) is 10.7. The highest BCUT2D eigenvalue weighted by molar-refractivity contribution is 5.88. The Bertz CT molecular complexity index is 674. The van der Waals surface area contributed by atoms with Crippen molar-refractivity contribution in [2.24, 2.45) is 0 Å². The lowest BCUT2D eigenvalue weighted by Gasteiger charge is -2.09. The van der Waals surface area contributed by atoms with Crippen LogP contribution >= 0.6 is 0 Å². The number of hydrogen-bond donors (Lipinski definition) is 2. The maximum Gasteiger partial charge on any atom is 0.338 e. The van der Waals surface area contributed by atoms with Crippen LogP contribution in [0, 0.1) is 0 Å². The Morgan fingerprint density at radius 1 is 1.05 bits per heavy atom. The second-order valence-corrected chi connectivity index (χ2v) is 4.37. The Morgan fingerprint density at radius 3 is 2.29 bits per heavy atom. The summed E-state index contributed by atoms with van der Waals surface area (Å²) < 4.78 is 10.5. The molecule has 2 N–H and O–H groups in total. The fourth-order valence-electron chi connectivity index (χ4n) is 1.49. The molecule has 2 aromatic carbocycles. The van der Waals surface area contributed by atoms with Gasteiger partial charge in [-0.2, -0.15) is 0 Å². The first-order chi connectivity index (χ1) is 9.97. The third-order valence-corrected chi connectivity index (χ3v) is 2.59. The Labute approximate surface area is 121 Å². The quantitative estimate of drug-likeness (QED) is 0.390. The molecule has 0 aromatic heterocycles. The van der Waals surface area contributed by atoms with E-state index in [4.69, 9.17) is 9.47 Å². The number of phenolic OH excluding ortho intramolecular Hbond substituents is 2. The summed E-state index contributed by atoms with van der Waals surface area (Å²) in [5, 5.41) is 19.0. The molecule has 0 atom stereocenters. The molecule has 21 heavy (non-hydrogen) atoms. The van der Waals surface area contributed by atoms with Gasteiger partial charge in [-0.15, -0.1) is 0 Å². The molecule has 0 heterocycles. The normalized spacial score (nSPS) is 9.95. The van der Waals surface area contributed by atoms with E-state index < -0.39 is 5.97 Å². The van der Waals surface area contributed by atoms with Crippen LogP contribution in [-0.2, 0) is 4.79 Å². The zero-order chi connectivity index (χ0) is 15.4. The van der Waals surface area contributed by atoms with Crippen molar-refractivity contribution >= 4 is 5.97 Å². The maximum absolute atomic E-state index is 11.4. The summed E-state index contributed by atoms with van der Waals surface area (Å²) in [4.78, 5) is 11.4. The van der Waals surface area contributed by atoms with Crippen molar-refractivity contribution in [2.75, 3.05) is 0 Å². The van der Waals surface area contributed by atoms with Crippen LogP contribution in [0.2, 0.25) is 0 Å². The van der Waals surface area contributed by atoms with Crippen LogP contribution in [0.25, 0.3) is 0 Å². The van der Waals surface area contributed by atoms with Gasteiger partial charge in [0.1, 0.15) is 11.5 Å². The summed E-state index contributed by atoms with van der Waals surface area (Å²) in [6.07, 6.45) is 0. The number of benzene rings is 2. The van der Waals surface area contributed by atoms with E-state index in [0.29, 0.717) is 17.1 Å². The van der Waals surface area contributed by atoms with Gasteiger partial charge < -0.3 is 19.7 Å². The standard InChI is InChI=1S/C16H14O5/c1-10(2)16(19)21-12-8-6-11(7-9-12)20-14-5-3-4-13(17)15(14)18/h3-9,17-18H,1H2,2H3. The molecule has 0 amide bonds. The van der Waals surface area contributed by atoms with Crippen molar-refractivity contribution in [3.8, 4) is 28.7 Å². The third kappa shape index (κ3) is 3.54. The summed E-state index contributed by atoms with van der Waals surface area (Å²) in [7, 11) is 0. The molecule has 0 bridgehead atoms. The van der Waals surface area contributed by atoms with E-state index in [-0.39, 0.29) is 17.2 Å². The zero-order valence-electron chi connectivity index (χ0n) is 11.4. The molecular weight excluding hydrogens is 272 g/mol. The number of esters is 1. The fraction of sp³-hybridized carbons (Fsp3) is 0.0625. The van der Waals surface area contributed by atoms with Gasteiger partial charge in [0.2, 0.25) is 5.75 Å². The minimum Gasteiger partial charge on any atom is -0.504 e. The molecular formula is C16H14O5. The van der Waals surface area contributed by atoms with Crippen molar-refractivity contribution in [1.82, 2.24) is 0 Å². The summed E-state index contributed by atoms with van der Waals surface area (Å²) in [5.74, 6) is -0.202. The minimum absolute atomic E-state index is 0.127. The van der Waals surface area contributed by atoms with Crippen LogP contribution in [0.3, 0.4) is 0 Å². The van der Waals surface area contributed by atoms with E-state index in [0.717, 1.165) is 0 Å². The molecule has 0 fully saturated rings. The molecule has 0 saturated carbocycles. The van der Waals surface area contributed by atoms with Crippen LogP contribution in [0.15, 0.2) is 54.6 Å². The summed E-state index contributed by atoms with van der Waals surface area (Å²) >= 11 is 0. The monoisotopic (exact) mass is 286 g/mol. The van der Waals surface area contributed by atoms with E-state index >= 15 is 0 Å². The third-order valence-electron chi connectivity index (χ3n) is 2.59. The van der Waals surface area contributed by atoms with E-state index in [2.05, 4.69) is 6.58 Å². The Hall–Kier alpha value is -2.95. The molecule has 0 spiro atoms. The predicted molar refractivity (Wildman–Crippen MR) is 76.7 cm³/mol. The minimum atomic E-state index is -0.505. The van der Waals surface area contributed by atoms with Gasteiger partial charge in [0.25, 0.3) is 0 Å². The Balaban J connectivity index is 2.11. The van der Waals surface area contributed by atoms with Gasteiger partial charge in [0.15, 0.2) is 11.5 Å². The van der Waals surface area contributed by atoms with Gasteiger partial charge in [0, 0.05) is 5.57 Å². The first-order valence-electron chi connectivity index (χ1n) is 6.14. The lowest BCUT2D eigenvalue weighted by atomic mass is 10.3. The molecule has 0 radical (unpaired) electrons. The zero-order valence-corrected chi connectivity index (χ0v) is 11.4. The van der Waals surface area contributed by atoms with Gasteiger partial charge in [-0.3, -0.25) is 0 Å². The van der Waals surface area contributed by atoms with Crippen molar-refractivity contribution in [3.63, 3.8) is 0 Å². The number of para-hydroxylation sites is 1. The topological polar surface area (TPSA) is 76.0 Å². The predicted octanol–water partition coefficient (Wildman–Crippen LogP) is 3.37. The average molecular weight is 286 g/mol. The first kappa shape index (κ1) is 14.5. The SMILES string of the molecule is C=C(C)C(=O)Oc1ccc(Oc2cccc(O)c2O)cc1. The number of ether oxygens (including phenoxy) is 2. The maximum atomic E-state index is 11.4. The average Bonchev–Trinajstić information content (AvgIpc) is 2.46. The molecule has 0 aliphatic carbocycles. The van der Waals surface area contributed by atoms with Crippen molar-refractivity contribution in [2.45, 2.75) is 6.92 Å². The second kappa shape index (κ2) is 6.00. The number of aromatic hydroxyl groups is 2. The second-order valence-electron chi connectivity index (χ2n) is 4.37. The summed E-state index contributed by atoms with van der Waals surface area (Å²) in [6.45, 7) is 5.05. The molecule has 0 aliphatic rings. The Morgan fingerprint density at radius 2 is 1.67 bits per heavy atom. The van der Waals surface area contributed by atoms with Crippen molar-refractivity contribution in [3.05, 3.63) is 54.6 Å². The lowest BCUT2D eigenvalue weighted by Crippen LogP contribution is -2.07. The van der Waals surface area contributed by atoms with Gasteiger partial charge >= 0.3 is 5.97 Å². The number of rotatable bonds is 4. The molecule has 2 aromatic rings. The van der Waals surface area contributed by atoms with Crippen LogP contribution in [0.5, 0.6) is 28.7 Å². The van der Waals surface area contributed by atoms with E-state index in [1.165, 1.54) is 12.1 Å². The molecule has 5 heteroatoms. The fourth-order valence-corrected chi connectivity index (χ4v) is 1.49. The number of carbonyl (C=O) groups is 1. The highest BCUT2D eigenvalue weighted by atomic mass is 16.5. The van der Waals surface area contributed by atoms with Gasteiger partial charge in [-0.05, 0) is 43.3 Å². The molecule has 108 valence electrons. The smallest absolute Gasteiger partial charge is 0.338 e. The van der Waals surface area contributed by atoms with Crippen molar-refractivity contribution in [1.29, 1.82) is 0 Å². The summed E-state index contributed by atoms with van der Waals surface area (Å²) in [5.41, 5.74) is 0.306. The Kier molecular flexibility index (Phi) is 4.13. The van der Waals surface area contributed by atoms with Crippen LogP contribution in [-0.4, -0.2) is 16.2 Å². The van der Waals surface area contributed by atoms with E-state index in [1.807, 2.05) is 0 Å². The molecule has 0 unspecified atom stereocenters. The van der Waals surface area contributed by atoms with Gasteiger partial charge in [0.05, 0.1) is 0 Å². The molecule has 0 saturated heterocycles.